The van der Waals surface area contributed by atoms with Crippen LogP contribution in [0.3, 0.4) is 0 Å². The summed E-state index contributed by atoms with van der Waals surface area (Å²) in [6.45, 7) is 9.52. The van der Waals surface area contributed by atoms with Gasteiger partial charge in [-0.15, -0.1) is 0 Å². The fourth-order valence-electron chi connectivity index (χ4n) is 4.78. The summed E-state index contributed by atoms with van der Waals surface area (Å²) in [5.41, 5.74) is 2.74. The van der Waals surface area contributed by atoms with E-state index in [0.717, 1.165) is 0 Å². The van der Waals surface area contributed by atoms with Crippen LogP contribution in [0.1, 0.15) is 87.2 Å². The molecule has 1 aliphatic heterocycles. The van der Waals surface area contributed by atoms with E-state index in [1.54, 1.807) is 27.7 Å². The average Bonchev–Trinajstić information content (AvgIpc) is 2.86. The maximum absolute atomic E-state index is 14.0. The molecule has 0 radical (unpaired) electrons. The second kappa shape index (κ2) is 11.8. The number of carbonyl (C=O) groups excluding carboxylic acids is 1. The van der Waals surface area contributed by atoms with Crippen molar-refractivity contribution in [2.24, 2.45) is 10.1 Å². The first-order valence-electron chi connectivity index (χ1n) is 13.2. The lowest BCUT2D eigenvalue weighted by Gasteiger charge is -2.43. The van der Waals surface area contributed by atoms with Gasteiger partial charge in [0.2, 0.25) is 5.91 Å². The van der Waals surface area contributed by atoms with Crippen molar-refractivity contribution in [2.75, 3.05) is 6.54 Å². The number of aryl methyl sites for hydroxylation is 1. The van der Waals surface area contributed by atoms with Gasteiger partial charge in [-0.1, -0.05) is 17.4 Å². The van der Waals surface area contributed by atoms with E-state index < -0.39 is 74.4 Å². The van der Waals surface area contributed by atoms with Crippen LogP contribution < -0.4 is 5.73 Å². The molecule has 2 aromatic rings. The Labute approximate surface area is 243 Å². The van der Waals surface area contributed by atoms with Crippen LogP contribution in [0, 0.1) is 12.7 Å². The molecular formula is C29H34F7N3O2S. The Morgan fingerprint density at radius 1 is 1.02 bits per heavy atom. The van der Waals surface area contributed by atoms with Gasteiger partial charge in [0.1, 0.15) is 21.9 Å². The molecule has 42 heavy (non-hydrogen) atoms. The maximum Gasteiger partial charge on any atom is 0.416 e. The molecule has 0 spiro atoms. The summed E-state index contributed by atoms with van der Waals surface area (Å²) in [6.07, 6.45) is -9.78. The van der Waals surface area contributed by atoms with Gasteiger partial charge in [-0.05, 0) is 81.6 Å². The van der Waals surface area contributed by atoms with Crippen molar-refractivity contribution in [2.45, 2.75) is 89.0 Å². The molecule has 0 bridgehead atoms. The lowest BCUT2D eigenvalue weighted by molar-refractivity contribution is -0.143. The predicted molar refractivity (Wildman–Crippen MR) is 148 cm³/mol. The highest BCUT2D eigenvalue weighted by molar-refractivity contribution is 7.91. The minimum atomic E-state index is -5.06. The number of alkyl halides is 6. The number of nitrogens with two attached hydrogens (primary N) is 1. The molecule has 0 aromatic heterocycles. The molecule has 1 heterocycles. The smallest absolute Gasteiger partial charge is 0.416 e. The summed E-state index contributed by atoms with van der Waals surface area (Å²) in [6, 6.07) is 4.42. The first-order valence-corrected chi connectivity index (χ1v) is 14.3. The molecule has 5 nitrogen and oxygen atoms in total. The molecule has 2 aromatic carbocycles. The number of hydrogen-bond acceptors (Lipinski definition) is 4. The lowest BCUT2D eigenvalue weighted by atomic mass is 9.79. The zero-order valence-electron chi connectivity index (χ0n) is 24.1. The Morgan fingerprint density at radius 3 is 2.05 bits per heavy atom. The molecular weight excluding hydrogens is 587 g/mol. The molecule has 4 atom stereocenters. The minimum Gasteiger partial charge on any atom is -0.591 e. The van der Waals surface area contributed by atoms with E-state index in [1.165, 1.54) is 36.9 Å². The van der Waals surface area contributed by atoms with Gasteiger partial charge in [0.05, 0.1) is 28.4 Å². The number of amides is 1. The number of likely N-dealkylation sites (tertiary alicyclic amines) is 1. The van der Waals surface area contributed by atoms with Gasteiger partial charge in [0.25, 0.3) is 0 Å². The van der Waals surface area contributed by atoms with E-state index in [4.69, 9.17) is 5.73 Å². The number of halogens is 7. The van der Waals surface area contributed by atoms with Crippen molar-refractivity contribution >= 4 is 23.0 Å². The van der Waals surface area contributed by atoms with Gasteiger partial charge in [0.15, 0.2) is 0 Å². The fourth-order valence-corrected chi connectivity index (χ4v) is 5.46. The first kappa shape index (κ1) is 33.9. The second-order valence-electron chi connectivity index (χ2n) is 11.8. The van der Waals surface area contributed by atoms with E-state index in [0.29, 0.717) is 29.0 Å². The third-order valence-corrected chi connectivity index (χ3v) is 8.98. The number of hydrogen-bond donors (Lipinski definition) is 1. The van der Waals surface area contributed by atoms with Gasteiger partial charge in [-0.2, -0.15) is 26.3 Å². The molecule has 13 heteroatoms. The highest BCUT2D eigenvalue weighted by Gasteiger charge is 2.45. The van der Waals surface area contributed by atoms with E-state index in [2.05, 4.69) is 4.40 Å². The summed E-state index contributed by atoms with van der Waals surface area (Å²) in [5, 5.41) is 0. The minimum absolute atomic E-state index is 0.0201. The zero-order valence-corrected chi connectivity index (χ0v) is 24.9. The highest BCUT2D eigenvalue weighted by atomic mass is 32.2. The van der Waals surface area contributed by atoms with Gasteiger partial charge in [-0.3, -0.25) is 4.79 Å². The van der Waals surface area contributed by atoms with E-state index in [-0.39, 0.29) is 25.5 Å². The summed E-state index contributed by atoms with van der Waals surface area (Å²) in [5.74, 6) is -2.49. The monoisotopic (exact) mass is 621 g/mol. The van der Waals surface area contributed by atoms with Crippen LogP contribution in [0.4, 0.5) is 30.7 Å². The van der Waals surface area contributed by atoms with E-state index >= 15 is 0 Å². The Kier molecular flexibility index (Phi) is 9.51. The third kappa shape index (κ3) is 7.46. The van der Waals surface area contributed by atoms with Crippen LogP contribution >= 0.6 is 0 Å². The SMILES string of the molecule is Cc1cc(F)ccc1[C@H]1C/C(=N/[S@+]([O-])C(C)(C)C)CCN1C(=O)C(C)(N)[C@H](C)c1cc(C(F)(F)F)cc(C(F)(F)F)c1. The van der Waals surface area contributed by atoms with Crippen molar-refractivity contribution in [3.05, 3.63) is 70.0 Å². The summed E-state index contributed by atoms with van der Waals surface area (Å²) in [7, 11) is 0. The maximum atomic E-state index is 14.0. The molecule has 232 valence electrons. The fraction of sp³-hybridized carbons (Fsp3) is 0.517. The van der Waals surface area contributed by atoms with Crippen molar-refractivity contribution in [3.63, 3.8) is 0 Å². The number of piperidine rings is 1. The lowest BCUT2D eigenvalue weighted by Crippen LogP contribution is -2.58. The van der Waals surface area contributed by atoms with Crippen molar-refractivity contribution in [1.29, 1.82) is 0 Å². The Balaban J connectivity index is 2.06. The highest BCUT2D eigenvalue weighted by Crippen LogP contribution is 2.41. The van der Waals surface area contributed by atoms with Crippen LogP contribution in [0.15, 0.2) is 40.8 Å². The Morgan fingerprint density at radius 2 is 1.57 bits per heavy atom. The van der Waals surface area contributed by atoms with Crippen LogP contribution in [0.5, 0.6) is 0 Å². The van der Waals surface area contributed by atoms with E-state index in [1.807, 2.05) is 0 Å². The zero-order chi connectivity index (χ0) is 32.0. The van der Waals surface area contributed by atoms with Gasteiger partial charge in [0, 0.05) is 25.3 Å². The van der Waals surface area contributed by atoms with Gasteiger partial charge in [-0.25, -0.2) is 4.39 Å². The molecule has 1 aliphatic rings. The molecule has 1 saturated heterocycles. The Hall–Kier alpha value is -2.64. The topological polar surface area (TPSA) is 81.8 Å². The normalized spacial score (nSPS) is 20.8. The van der Waals surface area contributed by atoms with Crippen LogP contribution in [0.2, 0.25) is 0 Å². The molecule has 2 N–H and O–H groups in total. The molecule has 1 unspecified atom stereocenters. The quantitative estimate of drug-likeness (QED) is 0.282. The van der Waals surface area contributed by atoms with Gasteiger partial charge >= 0.3 is 12.4 Å². The molecule has 3 rings (SSSR count). The summed E-state index contributed by atoms with van der Waals surface area (Å²) >= 11 is -1.59. The molecule has 1 fully saturated rings. The van der Waals surface area contributed by atoms with Crippen molar-refractivity contribution in [3.8, 4) is 0 Å². The predicted octanol–water partition coefficient (Wildman–Crippen LogP) is 7.26. The van der Waals surface area contributed by atoms with E-state index in [9.17, 15) is 40.1 Å². The van der Waals surface area contributed by atoms with Crippen LogP contribution in [0.25, 0.3) is 0 Å². The third-order valence-electron chi connectivity index (χ3n) is 7.50. The number of rotatable bonds is 5. The Bertz CT molecular complexity index is 1320. The first-order chi connectivity index (χ1) is 19.0. The average molecular weight is 622 g/mol. The number of nitrogens with zero attached hydrogens (tertiary/aromatic N) is 2. The largest absolute Gasteiger partial charge is 0.591 e. The number of benzene rings is 2. The van der Waals surface area contributed by atoms with Crippen molar-refractivity contribution in [1.82, 2.24) is 4.90 Å². The van der Waals surface area contributed by atoms with Gasteiger partial charge < -0.3 is 15.2 Å². The molecule has 0 aliphatic carbocycles. The van der Waals surface area contributed by atoms with Crippen LogP contribution in [-0.2, 0) is 28.5 Å². The summed E-state index contributed by atoms with van der Waals surface area (Å²) in [4.78, 5) is 15.4. The van der Waals surface area contributed by atoms with Crippen LogP contribution in [-0.4, -0.2) is 37.9 Å². The molecule has 1 amide bonds. The van der Waals surface area contributed by atoms with Crippen molar-refractivity contribution < 1.29 is 40.1 Å². The standard InChI is InChI=1S/C29H34F7N3O2S/c1-16-11-21(30)7-8-23(16)24-15-22(38-42(41)26(3,4)5)9-10-39(24)25(40)27(6,37)17(2)18-12-19(28(31,32)33)14-20(13-18)29(34,35)36/h7-8,11-14,17,24H,9-10,15,37H2,1-6H3/b38-22+/t17-,24-,27?,42-/m1/s1. The molecule has 0 saturated carbocycles. The summed E-state index contributed by atoms with van der Waals surface area (Å²) < 4.78 is 111. The number of carbonyl (C=O) groups is 1. The second-order valence-corrected chi connectivity index (χ2v) is 13.7.